The lowest BCUT2D eigenvalue weighted by molar-refractivity contribution is 0.295. The molecule has 0 spiro atoms. The summed E-state index contributed by atoms with van der Waals surface area (Å²) in [6.45, 7) is 5.26. The molecule has 0 saturated heterocycles. The second kappa shape index (κ2) is 16.0. The summed E-state index contributed by atoms with van der Waals surface area (Å²) in [5.74, 6) is 0.755. The third-order valence-corrected chi connectivity index (χ3v) is 0.348. The Morgan fingerprint density at radius 3 is 1.38 bits per heavy atom. The summed E-state index contributed by atoms with van der Waals surface area (Å²) in [6.07, 6.45) is 0. The summed E-state index contributed by atoms with van der Waals surface area (Å²) in [5.41, 5.74) is 0. The molecular weight excluding hydrogens is 100 g/mol. The van der Waals surface area contributed by atoms with Crippen LogP contribution in [0.15, 0.2) is 12.3 Å². The Labute approximate surface area is 54.4 Å². The predicted molar refractivity (Wildman–Crippen MR) is 42.0 cm³/mol. The van der Waals surface area contributed by atoms with Gasteiger partial charge in [0.05, 0.1) is 12.9 Å². The van der Waals surface area contributed by atoms with Crippen molar-refractivity contribution >= 4 is 0 Å². The Kier molecular flexibility index (Phi) is 51.5. The minimum Gasteiger partial charge on any atom is -0.502 e. The molecule has 8 heavy (non-hydrogen) atoms. The lowest BCUT2D eigenvalue weighted by Crippen LogP contribution is -1.70. The van der Waals surface area contributed by atoms with Gasteiger partial charge < -0.3 is 4.74 Å². The third kappa shape index (κ3) is 48.1. The first-order valence-corrected chi connectivity index (χ1v) is 1.47. The van der Waals surface area contributed by atoms with Crippen molar-refractivity contribution in [2.45, 2.75) is 29.2 Å². The van der Waals surface area contributed by atoms with Gasteiger partial charge in [-0.1, -0.05) is 28.9 Å². The Morgan fingerprint density at radius 2 is 1.38 bits per heavy atom. The molecule has 0 aliphatic rings. The number of hydrogen-bond donors (Lipinski definition) is 0. The third-order valence-electron chi connectivity index (χ3n) is 0.348. The smallest absolute Gasteiger partial charge is 0.0853 e. The maximum absolute atomic E-state index is 4.56. The van der Waals surface area contributed by atoms with E-state index in [2.05, 4.69) is 11.3 Å². The minimum atomic E-state index is 0. The van der Waals surface area contributed by atoms with Crippen molar-refractivity contribution in [1.82, 2.24) is 0 Å². The molecule has 54 valence electrons. The van der Waals surface area contributed by atoms with Crippen LogP contribution in [0.4, 0.5) is 0 Å². The summed E-state index contributed by atoms with van der Waals surface area (Å²) >= 11 is 0. The average molecular weight is 120 g/mol. The molecule has 0 fully saturated rings. The SMILES string of the molecule is C.C.C.C=C(C)OC. The van der Waals surface area contributed by atoms with Crippen LogP contribution in [0.25, 0.3) is 0 Å². The van der Waals surface area contributed by atoms with Gasteiger partial charge in [-0.15, -0.1) is 0 Å². The second-order valence-electron chi connectivity index (χ2n) is 0.906. The molecule has 0 aromatic rings. The molecule has 0 saturated carbocycles. The zero-order valence-corrected chi connectivity index (χ0v) is 3.62. The van der Waals surface area contributed by atoms with Gasteiger partial charge in [0.1, 0.15) is 0 Å². The summed E-state index contributed by atoms with van der Waals surface area (Å²) < 4.78 is 4.56. The van der Waals surface area contributed by atoms with Crippen LogP contribution in [0.3, 0.4) is 0 Å². The van der Waals surface area contributed by atoms with Crippen LogP contribution in [-0.4, -0.2) is 7.11 Å². The minimum absolute atomic E-state index is 0. The molecule has 0 amide bonds. The fraction of sp³-hybridized carbons (Fsp3) is 0.714. The summed E-state index contributed by atoms with van der Waals surface area (Å²) in [6, 6.07) is 0. The van der Waals surface area contributed by atoms with E-state index >= 15 is 0 Å². The van der Waals surface area contributed by atoms with Gasteiger partial charge in [0.15, 0.2) is 0 Å². The highest BCUT2D eigenvalue weighted by atomic mass is 16.5. The highest BCUT2D eigenvalue weighted by Gasteiger charge is 1.65. The molecule has 0 aromatic heterocycles. The van der Waals surface area contributed by atoms with Gasteiger partial charge in [0, 0.05) is 0 Å². The van der Waals surface area contributed by atoms with Crippen LogP contribution < -0.4 is 0 Å². The molecule has 0 N–H and O–H groups in total. The Hall–Kier alpha value is -0.460. The van der Waals surface area contributed by atoms with Gasteiger partial charge in [-0.05, 0) is 6.92 Å². The fourth-order valence-electron chi connectivity index (χ4n) is 0. The topological polar surface area (TPSA) is 9.23 Å². The van der Waals surface area contributed by atoms with E-state index in [9.17, 15) is 0 Å². The molecule has 0 unspecified atom stereocenters. The van der Waals surface area contributed by atoms with Gasteiger partial charge in [-0.25, -0.2) is 0 Å². The maximum Gasteiger partial charge on any atom is 0.0853 e. The molecule has 0 aliphatic heterocycles. The molecule has 0 heterocycles. The van der Waals surface area contributed by atoms with Crippen LogP contribution in [0.1, 0.15) is 29.2 Å². The number of methoxy groups -OCH3 is 1. The lowest BCUT2D eigenvalue weighted by Gasteiger charge is -1.88. The van der Waals surface area contributed by atoms with Gasteiger partial charge in [0.25, 0.3) is 0 Å². The zero-order chi connectivity index (χ0) is 4.28. The lowest BCUT2D eigenvalue weighted by atomic mass is 10.7. The van der Waals surface area contributed by atoms with Crippen molar-refractivity contribution in [1.29, 1.82) is 0 Å². The van der Waals surface area contributed by atoms with Crippen LogP contribution >= 0.6 is 0 Å². The van der Waals surface area contributed by atoms with Crippen molar-refractivity contribution in [3.63, 3.8) is 0 Å². The van der Waals surface area contributed by atoms with E-state index in [-0.39, 0.29) is 22.3 Å². The zero-order valence-electron chi connectivity index (χ0n) is 3.62. The number of ether oxygens (including phenoxy) is 1. The van der Waals surface area contributed by atoms with E-state index in [0.29, 0.717) is 0 Å². The Bertz CT molecular complexity index is 39.7. The molecule has 1 nitrogen and oxygen atoms in total. The van der Waals surface area contributed by atoms with E-state index in [4.69, 9.17) is 0 Å². The average Bonchev–Trinajstić information content (AvgIpc) is 1.38. The van der Waals surface area contributed by atoms with Crippen LogP contribution in [0.5, 0.6) is 0 Å². The molecule has 0 rings (SSSR count). The van der Waals surface area contributed by atoms with E-state index in [1.165, 1.54) is 0 Å². The molecular formula is C7H20O. The van der Waals surface area contributed by atoms with Gasteiger partial charge >= 0.3 is 0 Å². The maximum atomic E-state index is 4.56. The molecule has 0 aliphatic carbocycles. The molecule has 0 atom stereocenters. The summed E-state index contributed by atoms with van der Waals surface area (Å²) in [5, 5.41) is 0. The standard InChI is InChI=1S/C4H8O.3CH4/c1-4(2)5-3;;;/h1H2,2-3H3;3*1H4. The van der Waals surface area contributed by atoms with E-state index < -0.39 is 0 Å². The molecule has 1 heteroatoms. The van der Waals surface area contributed by atoms with Gasteiger partial charge in [-0.2, -0.15) is 0 Å². The Morgan fingerprint density at radius 1 is 1.25 bits per heavy atom. The first-order chi connectivity index (χ1) is 2.27. The molecule has 0 aromatic carbocycles. The van der Waals surface area contributed by atoms with Crippen molar-refractivity contribution in [3.8, 4) is 0 Å². The van der Waals surface area contributed by atoms with Crippen molar-refractivity contribution in [2.24, 2.45) is 0 Å². The van der Waals surface area contributed by atoms with Gasteiger partial charge in [-0.3, -0.25) is 0 Å². The largest absolute Gasteiger partial charge is 0.502 e. The molecule has 0 bridgehead atoms. The predicted octanol–water partition coefficient (Wildman–Crippen LogP) is 3.07. The number of allylic oxidation sites excluding steroid dienone is 1. The van der Waals surface area contributed by atoms with Gasteiger partial charge in [0.2, 0.25) is 0 Å². The monoisotopic (exact) mass is 120 g/mol. The second-order valence-corrected chi connectivity index (χ2v) is 0.906. The highest BCUT2D eigenvalue weighted by molar-refractivity contribution is 4.71. The quantitative estimate of drug-likeness (QED) is 0.483. The van der Waals surface area contributed by atoms with Crippen LogP contribution in [0.2, 0.25) is 0 Å². The van der Waals surface area contributed by atoms with E-state index in [0.717, 1.165) is 5.76 Å². The summed E-state index contributed by atoms with van der Waals surface area (Å²) in [7, 11) is 1.60. The van der Waals surface area contributed by atoms with E-state index in [1.54, 1.807) is 14.0 Å². The normalized spacial score (nSPS) is 4.25. The van der Waals surface area contributed by atoms with Crippen molar-refractivity contribution in [2.75, 3.05) is 7.11 Å². The fourth-order valence-corrected chi connectivity index (χ4v) is 0. The first-order valence-electron chi connectivity index (χ1n) is 1.47. The Balaban J connectivity index is -0.0000000267. The van der Waals surface area contributed by atoms with Crippen molar-refractivity contribution < 1.29 is 4.74 Å². The number of hydrogen-bond acceptors (Lipinski definition) is 1. The van der Waals surface area contributed by atoms with E-state index in [1.807, 2.05) is 0 Å². The van der Waals surface area contributed by atoms with Crippen LogP contribution in [0, 0.1) is 0 Å². The van der Waals surface area contributed by atoms with Crippen molar-refractivity contribution in [3.05, 3.63) is 12.3 Å². The first kappa shape index (κ1) is 25.7. The number of rotatable bonds is 1. The molecule has 0 radical (unpaired) electrons. The van der Waals surface area contributed by atoms with Crippen LogP contribution in [-0.2, 0) is 4.74 Å². The summed E-state index contributed by atoms with van der Waals surface area (Å²) in [4.78, 5) is 0. The highest BCUT2D eigenvalue weighted by Crippen LogP contribution is 1.80.